The van der Waals surface area contributed by atoms with Gasteiger partial charge in [-0.05, 0) is 24.3 Å². The van der Waals surface area contributed by atoms with E-state index in [2.05, 4.69) is 5.16 Å². The van der Waals surface area contributed by atoms with Crippen LogP contribution in [0.2, 0.25) is 5.02 Å². The summed E-state index contributed by atoms with van der Waals surface area (Å²) < 4.78 is 10.2. The van der Waals surface area contributed by atoms with Crippen molar-refractivity contribution < 1.29 is 9.26 Å². The van der Waals surface area contributed by atoms with Gasteiger partial charge in [-0.25, -0.2) is 0 Å². The molecular weight excluding hydrogens is 228 g/mol. The lowest BCUT2D eigenvalue weighted by Crippen LogP contribution is -2.01. The highest BCUT2D eigenvalue weighted by atomic mass is 35.5. The first-order valence-electron chi connectivity index (χ1n) is 4.83. The number of hydrogen-bond donors (Lipinski definition) is 1. The van der Waals surface area contributed by atoms with Gasteiger partial charge in [0.15, 0.2) is 0 Å². The predicted octanol–water partition coefficient (Wildman–Crippen LogP) is 2.53. The molecule has 16 heavy (non-hydrogen) atoms. The van der Waals surface area contributed by atoms with E-state index >= 15 is 0 Å². The SMILES string of the molecule is Nc1cc(CCOc2ccc(Cl)cc2)no1. The minimum absolute atomic E-state index is 0.321. The van der Waals surface area contributed by atoms with E-state index in [4.69, 9.17) is 26.6 Å². The molecule has 4 nitrogen and oxygen atoms in total. The number of nitrogen functional groups attached to an aromatic ring is 1. The molecule has 1 aromatic carbocycles. The molecule has 0 saturated carbocycles. The third-order valence-electron chi connectivity index (χ3n) is 2.02. The number of ether oxygens (including phenoxy) is 1. The van der Waals surface area contributed by atoms with Gasteiger partial charge in [-0.1, -0.05) is 16.8 Å². The van der Waals surface area contributed by atoms with E-state index in [0.717, 1.165) is 11.4 Å². The van der Waals surface area contributed by atoms with Gasteiger partial charge in [0.05, 0.1) is 12.3 Å². The smallest absolute Gasteiger partial charge is 0.222 e. The molecule has 0 fully saturated rings. The van der Waals surface area contributed by atoms with Gasteiger partial charge in [0.1, 0.15) is 5.75 Å². The molecule has 0 aliphatic rings. The van der Waals surface area contributed by atoms with Crippen molar-refractivity contribution in [2.45, 2.75) is 6.42 Å². The Morgan fingerprint density at radius 1 is 1.31 bits per heavy atom. The van der Waals surface area contributed by atoms with Gasteiger partial charge in [0.25, 0.3) is 0 Å². The van der Waals surface area contributed by atoms with E-state index in [1.807, 2.05) is 12.1 Å². The molecule has 2 N–H and O–H groups in total. The summed E-state index contributed by atoms with van der Waals surface area (Å²) in [6.45, 7) is 0.521. The molecule has 0 unspecified atom stereocenters. The molecule has 0 spiro atoms. The number of anilines is 1. The third kappa shape index (κ3) is 2.90. The van der Waals surface area contributed by atoms with Crippen molar-refractivity contribution >= 4 is 17.5 Å². The second-order valence-electron chi connectivity index (χ2n) is 3.27. The second kappa shape index (κ2) is 4.90. The number of benzene rings is 1. The molecule has 0 saturated heterocycles. The van der Waals surface area contributed by atoms with Crippen LogP contribution in [0.4, 0.5) is 5.88 Å². The van der Waals surface area contributed by atoms with E-state index in [0.29, 0.717) is 23.9 Å². The Morgan fingerprint density at radius 2 is 2.06 bits per heavy atom. The molecule has 0 bridgehead atoms. The second-order valence-corrected chi connectivity index (χ2v) is 3.71. The van der Waals surface area contributed by atoms with Gasteiger partial charge < -0.3 is 15.0 Å². The maximum absolute atomic E-state index is 5.75. The Balaban J connectivity index is 1.82. The molecule has 1 aromatic heterocycles. The lowest BCUT2D eigenvalue weighted by atomic mass is 10.3. The van der Waals surface area contributed by atoms with Crippen LogP contribution in [0.15, 0.2) is 34.9 Å². The fourth-order valence-electron chi connectivity index (χ4n) is 1.25. The topological polar surface area (TPSA) is 61.3 Å². The molecule has 84 valence electrons. The van der Waals surface area contributed by atoms with Crippen molar-refractivity contribution in [2.75, 3.05) is 12.3 Å². The first-order chi connectivity index (χ1) is 7.74. The van der Waals surface area contributed by atoms with E-state index in [1.165, 1.54) is 0 Å². The fraction of sp³-hybridized carbons (Fsp3) is 0.182. The summed E-state index contributed by atoms with van der Waals surface area (Å²) in [5.41, 5.74) is 6.18. The summed E-state index contributed by atoms with van der Waals surface area (Å²) in [4.78, 5) is 0. The Labute approximate surface area is 97.9 Å². The van der Waals surface area contributed by atoms with Crippen LogP contribution in [0.25, 0.3) is 0 Å². The van der Waals surface area contributed by atoms with Gasteiger partial charge in [0, 0.05) is 17.5 Å². The van der Waals surface area contributed by atoms with Gasteiger partial charge in [-0.15, -0.1) is 0 Å². The van der Waals surface area contributed by atoms with Crippen molar-refractivity contribution in [2.24, 2.45) is 0 Å². The summed E-state index contributed by atoms with van der Waals surface area (Å²) in [6, 6.07) is 8.89. The van der Waals surface area contributed by atoms with Gasteiger partial charge in [0.2, 0.25) is 5.88 Å². The quantitative estimate of drug-likeness (QED) is 0.889. The summed E-state index contributed by atoms with van der Waals surface area (Å²) >= 11 is 5.75. The standard InChI is InChI=1S/C11H11ClN2O2/c12-8-1-3-10(4-2-8)15-6-5-9-7-11(13)16-14-9/h1-4,7H,5-6,13H2. The predicted molar refractivity (Wildman–Crippen MR) is 61.6 cm³/mol. The summed E-state index contributed by atoms with van der Waals surface area (Å²) in [6.07, 6.45) is 0.656. The van der Waals surface area contributed by atoms with E-state index < -0.39 is 0 Å². The Morgan fingerprint density at radius 3 is 2.69 bits per heavy atom. The maximum atomic E-state index is 5.75. The lowest BCUT2D eigenvalue weighted by Gasteiger charge is -2.03. The number of rotatable bonds is 4. The average Bonchev–Trinajstić information content (AvgIpc) is 2.67. The summed E-state index contributed by atoms with van der Waals surface area (Å²) in [7, 11) is 0. The molecule has 1 heterocycles. The number of aromatic nitrogens is 1. The van der Waals surface area contributed by atoms with E-state index in [9.17, 15) is 0 Å². The molecular formula is C11H11ClN2O2. The summed E-state index contributed by atoms with van der Waals surface area (Å²) in [5.74, 6) is 1.10. The van der Waals surface area contributed by atoms with Crippen LogP contribution in [-0.4, -0.2) is 11.8 Å². The van der Waals surface area contributed by atoms with Crippen molar-refractivity contribution in [1.29, 1.82) is 0 Å². The highest BCUT2D eigenvalue weighted by molar-refractivity contribution is 6.30. The molecule has 0 aliphatic heterocycles. The van der Waals surface area contributed by atoms with E-state index in [-0.39, 0.29) is 0 Å². The molecule has 0 radical (unpaired) electrons. The van der Waals surface area contributed by atoms with Gasteiger partial charge in [-0.2, -0.15) is 0 Å². The molecule has 0 amide bonds. The van der Waals surface area contributed by atoms with Crippen LogP contribution in [0, 0.1) is 0 Å². The fourth-order valence-corrected chi connectivity index (χ4v) is 1.38. The van der Waals surface area contributed by atoms with Crippen LogP contribution in [0.1, 0.15) is 5.69 Å². The Bertz CT molecular complexity index is 453. The normalized spacial score (nSPS) is 10.3. The molecule has 2 aromatic rings. The third-order valence-corrected chi connectivity index (χ3v) is 2.27. The van der Waals surface area contributed by atoms with Crippen molar-refractivity contribution in [1.82, 2.24) is 5.16 Å². The van der Waals surface area contributed by atoms with Gasteiger partial charge in [-0.3, -0.25) is 0 Å². The van der Waals surface area contributed by atoms with Crippen LogP contribution in [-0.2, 0) is 6.42 Å². The zero-order chi connectivity index (χ0) is 11.4. The molecule has 2 rings (SSSR count). The summed E-state index contributed by atoms with van der Waals surface area (Å²) in [5, 5.41) is 4.45. The number of halogens is 1. The van der Waals surface area contributed by atoms with Crippen molar-refractivity contribution in [3.8, 4) is 5.75 Å². The van der Waals surface area contributed by atoms with Gasteiger partial charge >= 0.3 is 0 Å². The van der Waals surface area contributed by atoms with Crippen LogP contribution >= 0.6 is 11.6 Å². The monoisotopic (exact) mass is 238 g/mol. The lowest BCUT2D eigenvalue weighted by molar-refractivity contribution is 0.316. The Hall–Kier alpha value is -1.68. The van der Waals surface area contributed by atoms with Crippen molar-refractivity contribution in [3.05, 3.63) is 41.0 Å². The van der Waals surface area contributed by atoms with Crippen LogP contribution in [0.3, 0.4) is 0 Å². The maximum Gasteiger partial charge on any atom is 0.222 e. The zero-order valence-corrected chi connectivity index (χ0v) is 9.28. The first-order valence-corrected chi connectivity index (χ1v) is 5.21. The first kappa shape index (κ1) is 10.8. The highest BCUT2D eigenvalue weighted by Gasteiger charge is 2.01. The minimum Gasteiger partial charge on any atom is -0.493 e. The van der Waals surface area contributed by atoms with Crippen molar-refractivity contribution in [3.63, 3.8) is 0 Å². The highest BCUT2D eigenvalue weighted by Crippen LogP contribution is 2.15. The number of nitrogens with two attached hydrogens (primary N) is 1. The average molecular weight is 239 g/mol. The number of nitrogens with zero attached hydrogens (tertiary/aromatic N) is 1. The van der Waals surface area contributed by atoms with Crippen LogP contribution < -0.4 is 10.5 Å². The Kier molecular flexibility index (Phi) is 3.31. The molecule has 0 aliphatic carbocycles. The molecule has 5 heteroatoms. The minimum atomic E-state index is 0.321. The number of hydrogen-bond acceptors (Lipinski definition) is 4. The van der Waals surface area contributed by atoms with E-state index in [1.54, 1.807) is 18.2 Å². The largest absolute Gasteiger partial charge is 0.493 e. The zero-order valence-electron chi connectivity index (χ0n) is 8.52. The van der Waals surface area contributed by atoms with Crippen LogP contribution in [0.5, 0.6) is 5.75 Å². The molecule has 0 atom stereocenters.